The molecule has 178 valence electrons. The number of allylic oxidation sites excluding steroid dienone is 1. The van der Waals surface area contributed by atoms with E-state index in [-0.39, 0.29) is 11.5 Å². The second-order valence-electron chi connectivity index (χ2n) is 5.37. The minimum atomic E-state index is -2.60. The molecule has 0 unspecified atom stereocenters. The molecule has 0 amide bonds. The third-order valence-corrected chi connectivity index (χ3v) is 4.10. The molecule has 0 spiro atoms. The largest absolute Gasteiger partial charge is 0.493 e. The maximum absolute atomic E-state index is 12.6. The van der Waals surface area contributed by atoms with E-state index in [9.17, 15) is 4.79 Å². The van der Waals surface area contributed by atoms with Crippen molar-refractivity contribution in [2.75, 3.05) is 28.4 Å². The quantitative estimate of drug-likeness (QED) is 0.292. The Kier molecular flexibility index (Phi) is 14.5. The summed E-state index contributed by atoms with van der Waals surface area (Å²) in [6.45, 7) is 8.00. The normalized spacial score (nSPS) is 9.84. The summed E-state index contributed by atoms with van der Waals surface area (Å²) in [5.74, 6) is 1.34. The number of hydrogen-bond acceptors (Lipinski definition) is 8. The first-order chi connectivity index (χ1) is 15.4. The average Bonchev–Trinajstić information content (AvgIpc) is 2.83. The number of hydrogen-bond donors (Lipinski definition) is 2. The fourth-order valence-corrected chi connectivity index (χ4v) is 2.77. The molecule has 0 heterocycles. The van der Waals surface area contributed by atoms with Gasteiger partial charge in [0.15, 0.2) is 28.8 Å². The van der Waals surface area contributed by atoms with Gasteiger partial charge in [0.2, 0.25) is 5.75 Å². The monoisotopic (exact) mass is 468 g/mol. The first-order valence-electron chi connectivity index (χ1n) is 9.99. The lowest BCUT2D eigenvalue weighted by atomic mass is 10.1. The number of carbonyl (C=O) groups excluding carboxylic acids is 1. The molecule has 0 saturated carbocycles. The third-order valence-electron chi connectivity index (χ3n) is 3.74. The Bertz CT molecular complexity index is 840. The smallest absolute Gasteiger partial charge is 0.391 e. The maximum Gasteiger partial charge on any atom is 0.391 e. The fourth-order valence-electron chi connectivity index (χ4n) is 2.45. The zero-order valence-corrected chi connectivity index (χ0v) is 20.7. The zero-order valence-electron chi connectivity index (χ0n) is 19.8. The Morgan fingerprint density at radius 2 is 1.31 bits per heavy atom. The van der Waals surface area contributed by atoms with E-state index in [1.807, 2.05) is 27.7 Å². The van der Waals surface area contributed by atoms with Gasteiger partial charge in [-0.1, -0.05) is 39.8 Å². The van der Waals surface area contributed by atoms with Gasteiger partial charge in [-0.05, 0) is 35.9 Å². The number of methoxy groups -OCH3 is 4. The molecule has 0 radical (unpaired) electrons. The molecule has 0 aromatic heterocycles. The van der Waals surface area contributed by atoms with Crippen molar-refractivity contribution in [3.8, 4) is 28.7 Å². The second kappa shape index (κ2) is 15.9. The fraction of sp³-hybridized carbons (Fsp3) is 0.348. The van der Waals surface area contributed by atoms with Gasteiger partial charge in [0, 0.05) is 5.56 Å². The molecule has 0 bridgehead atoms. The number of rotatable bonds is 9. The van der Waals surface area contributed by atoms with E-state index in [2.05, 4.69) is 0 Å². The Balaban J connectivity index is 0.00000227. The van der Waals surface area contributed by atoms with Crippen molar-refractivity contribution < 1.29 is 38.1 Å². The second-order valence-corrected chi connectivity index (χ2v) is 6.05. The van der Waals surface area contributed by atoms with Crippen LogP contribution >= 0.6 is 8.60 Å². The summed E-state index contributed by atoms with van der Waals surface area (Å²) in [7, 11) is 3.26. The molecule has 0 aliphatic heterocycles. The third kappa shape index (κ3) is 8.38. The van der Waals surface area contributed by atoms with Crippen molar-refractivity contribution in [2.24, 2.45) is 0 Å². The molecule has 0 aliphatic rings. The molecule has 32 heavy (non-hydrogen) atoms. The molecule has 0 fully saturated rings. The minimum Gasteiger partial charge on any atom is -0.493 e. The van der Waals surface area contributed by atoms with Crippen molar-refractivity contribution in [1.82, 2.24) is 0 Å². The summed E-state index contributed by atoms with van der Waals surface area (Å²) in [6.07, 6.45) is 2.93. The summed E-state index contributed by atoms with van der Waals surface area (Å²) < 4.78 is 25.8. The van der Waals surface area contributed by atoms with Gasteiger partial charge in [0.1, 0.15) is 0 Å². The Hall–Kier alpha value is -2.80. The standard InChI is InChI=1S/C19H21O8P.2C2H6/c1-23-15-8-6-12(9-16(15)27-28(21)22)5-7-14(20)13-10-17(24-2)19(26-4)18(11-13)25-3;2*1-2/h5-11,21-22H,1-4H3;2*1-2H3/b7-5+;;. The van der Waals surface area contributed by atoms with Gasteiger partial charge < -0.3 is 33.3 Å². The predicted molar refractivity (Wildman–Crippen MR) is 127 cm³/mol. The molecule has 8 nitrogen and oxygen atoms in total. The van der Waals surface area contributed by atoms with Crippen LogP contribution in [-0.4, -0.2) is 44.0 Å². The van der Waals surface area contributed by atoms with E-state index in [1.165, 1.54) is 40.6 Å². The number of benzene rings is 2. The van der Waals surface area contributed by atoms with Gasteiger partial charge in [-0.25, -0.2) is 0 Å². The van der Waals surface area contributed by atoms with Crippen LogP contribution in [0, 0.1) is 0 Å². The van der Waals surface area contributed by atoms with Crippen molar-refractivity contribution in [3.63, 3.8) is 0 Å². The molecule has 2 rings (SSSR count). The average molecular weight is 468 g/mol. The lowest BCUT2D eigenvalue weighted by Gasteiger charge is -2.13. The van der Waals surface area contributed by atoms with Crippen LogP contribution in [-0.2, 0) is 0 Å². The molecule has 0 atom stereocenters. The summed E-state index contributed by atoms with van der Waals surface area (Å²) in [4.78, 5) is 30.7. The summed E-state index contributed by atoms with van der Waals surface area (Å²) in [6, 6.07) is 7.93. The van der Waals surface area contributed by atoms with Crippen LogP contribution in [0.25, 0.3) is 6.08 Å². The van der Waals surface area contributed by atoms with Gasteiger partial charge in [0.05, 0.1) is 28.4 Å². The topological polar surface area (TPSA) is 104 Å². The Morgan fingerprint density at radius 1 is 0.781 bits per heavy atom. The van der Waals surface area contributed by atoms with E-state index in [4.69, 9.17) is 33.3 Å². The summed E-state index contributed by atoms with van der Waals surface area (Å²) in [5.41, 5.74) is 0.957. The molecular formula is C23H33O8P. The first kappa shape index (κ1) is 29.2. The highest BCUT2D eigenvalue weighted by Gasteiger charge is 2.16. The molecule has 2 aromatic rings. The highest BCUT2D eigenvalue weighted by Crippen LogP contribution is 2.39. The maximum atomic E-state index is 12.6. The van der Waals surface area contributed by atoms with Crippen LogP contribution in [0.1, 0.15) is 43.6 Å². The zero-order chi connectivity index (χ0) is 24.7. The van der Waals surface area contributed by atoms with E-state index in [0.717, 1.165) is 0 Å². The number of carbonyl (C=O) groups is 1. The van der Waals surface area contributed by atoms with Crippen LogP contribution in [0.5, 0.6) is 28.7 Å². The van der Waals surface area contributed by atoms with Crippen LogP contribution in [0.2, 0.25) is 0 Å². The highest BCUT2D eigenvalue weighted by molar-refractivity contribution is 7.39. The van der Waals surface area contributed by atoms with Crippen LogP contribution in [0.4, 0.5) is 0 Å². The van der Waals surface area contributed by atoms with Crippen molar-refractivity contribution in [2.45, 2.75) is 27.7 Å². The molecule has 9 heteroatoms. The molecule has 0 saturated heterocycles. The highest BCUT2D eigenvalue weighted by atomic mass is 31.2. The Morgan fingerprint density at radius 3 is 1.75 bits per heavy atom. The minimum absolute atomic E-state index is 0.154. The van der Waals surface area contributed by atoms with E-state index >= 15 is 0 Å². The van der Waals surface area contributed by atoms with Crippen molar-refractivity contribution in [1.29, 1.82) is 0 Å². The van der Waals surface area contributed by atoms with Crippen molar-refractivity contribution >= 4 is 20.5 Å². The van der Waals surface area contributed by atoms with E-state index in [1.54, 1.807) is 30.3 Å². The van der Waals surface area contributed by atoms with Crippen LogP contribution < -0.4 is 23.5 Å². The predicted octanol–water partition coefficient (Wildman–Crippen LogP) is 5.26. The molecule has 0 aliphatic carbocycles. The van der Waals surface area contributed by atoms with Gasteiger partial charge >= 0.3 is 8.60 Å². The number of ether oxygens (including phenoxy) is 4. The first-order valence-corrected chi connectivity index (χ1v) is 11.2. The molecule has 2 N–H and O–H groups in total. The SMILES string of the molecule is CC.CC.COc1ccc(/C=C/C(=O)c2cc(OC)c(OC)c(OC)c2)cc1OP(O)O. The van der Waals surface area contributed by atoms with Gasteiger partial charge in [-0.3, -0.25) is 4.79 Å². The molecular weight excluding hydrogens is 435 g/mol. The summed E-state index contributed by atoms with van der Waals surface area (Å²) in [5, 5.41) is 0. The summed E-state index contributed by atoms with van der Waals surface area (Å²) >= 11 is 0. The van der Waals surface area contributed by atoms with E-state index < -0.39 is 8.60 Å². The molecule has 2 aromatic carbocycles. The van der Waals surface area contributed by atoms with Crippen molar-refractivity contribution in [3.05, 3.63) is 47.5 Å². The van der Waals surface area contributed by atoms with Gasteiger partial charge in [0.25, 0.3) is 0 Å². The Labute approximate surface area is 191 Å². The van der Waals surface area contributed by atoms with Crippen LogP contribution in [0.3, 0.4) is 0 Å². The lowest BCUT2D eigenvalue weighted by molar-refractivity contribution is 0.104. The lowest BCUT2D eigenvalue weighted by Crippen LogP contribution is -2.00. The van der Waals surface area contributed by atoms with Gasteiger partial charge in [-0.15, -0.1) is 0 Å². The van der Waals surface area contributed by atoms with E-state index in [0.29, 0.717) is 34.1 Å². The van der Waals surface area contributed by atoms with Crippen LogP contribution in [0.15, 0.2) is 36.4 Å². The van der Waals surface area contributed by atoms with Gasteiger partial charge in [-0.2, -0.15) is 0 Å². The number of ketones is 1.